The number of nitrogens with zero attached hydrogens (tertiary/aromatic N) is 1. The van der Waals surface area contributed by atoms with Gasteiger partial charge in [-0.05, 0) is 50.6 Å². The van der Waals surface area contributed by atoms with Crippen LogP contribution in [0.25, 0.3) is 0 Å². The number of anilines is 1. The lowest BCUT2D eigenvalue weighted by Gasteiger charge is -2.07. The van der Waals surface area contributed by atoms with E-state index in [9.17, 15) is 14.4 Å². The zero-order valence-corrected chi connectivity index (χ0v) is 15.5. The summed E-state index contributed by atoms with van der Waals surface area (Å²) in [6, 6.07) is 6.36. The maximum absolute atomic E-state index is 12.7. The van der Waals surface area contributed by atoms with E-state index < -0.39 is 11.9 Å². The largest absolute Gasteiger partial charge is 0.465 e. The van der Waals surface area contributed by atoms with Crippen molar-refractivity contribution in [2.45, 2.75) is 20.8 Å². The van der Waals surface area contributed by atoms with Crippen molar-refractivity contribution in [3.63, 3.8) is 0 Å². The van der Waals surface area contributed by atoms with Gasteiger partial charge in [-0.1, -0.05) is 0 Å². The number of hydrogen-bond acceptors (Lipinski definition) is 5. The van der Waals surface area contributed by atoms with E-state index in [-0.39, 0.29) is 12.5 Å². The molecule has 0 unspecified atom stereocenters. The number of carbonyl (C=O) groups is 3. The molecule has 0 atom stereocenters. The Morgan fingerprint density at radius 3 is 2.23 bits per heavy atom. The molecule has 0 aliphatic heterocycles. The Morgan fingerprint density at radius 2 is 1.69 bits per heavy atom. The number of hydrogen-bond donors (Lipinski definition) is 1. The Hall–Kier alpha value is -3.09. The highest BCUT2D eigenvalue weighted by molar-refractivity contribution is 6.08. The van der Waals surface area contributed by atoms with Gasteiger partial charge in [0.05, 0.1) is 24.8 Å². The molecular weight excluding hydrogens is 336 g/mol. The van der Waals surface area contributed by atoms with Crippen molar-refractivity contribution in [1.82, 2.24) is 4.57 Å². The van der Waals surface area contributed by atoms with E-state index in [4.69, 9.17) is 4.74 Å². The zero-order valence-electron chi connectivity index (χ0n) is 15.5. The van der Waals surface area contributed by atoms with Crippen LogP contribution in [0, 0.1) is 13.8 Å². The maximum Gasteiger partial charge on any atom is 0.355 e. The molecule has 0 bridgehead atoms. The quantitative estimate of drug-likeness (QED) is 0.831. The van der Waals surface area contributed by atoms with Gasteiger partial charge in [0.2, 0.25) is 0 Å². The molecule has 1 aromatic carbocycles. The van der Waals surface area contributed by atoms with Gasteiger partial charge in [0.25, 0.3) is 5.91 Å². The van der Waals surface area contributed by atoms with Gasteiger partial charge in [0, 0.05) is 18.4 Å². The van der Waals surface area contributed by atoms with Crippen LogP contribution in [-0.4, -0.2) is 36.1 Å². The highest BCUT2D eigenvalue weighted by Gasteiger charge is 2.25. The van der Waals surface area contributed by atoms with Crippen LogP contribution in [0.15, 0.2) is 24.3 Å². The lowest BCUT2D eigenvalue weighted by Crippen LogP contribution is -2.14. The van der Waals surface area contributed by atoms with Gasteiger partial charge >= 0.3 is 11.9 Å². The fraction of sp³-hybridized carbons (Fsp3) is 0.316. The van der Waals surface area contributed by atoms with Crippen LogP contribution in [0.1, 0.15) is 49.4 Å². The van der Waals surface area contributed by atoms with E-state index in [0.717, 1.165) is 0 Å². The van der Waals surface area contributed by atoms with Crippen LogP contribution in [0.5, 0.6) is 0 Å². The lowest BCUT2D eigenvalue weighted by atomic mass is 10.1. The van der Waals surface area contributed by atoms with Gasteiger partial charge < -0.3 is 19.4 Å². The molecule has 0 aliphatic carbocycles. The van der Waals surface area contributed by atoms with Crippen LogP contribution in [0.3, 0.4) is 0 Å². The molecule has 0 spiro atoms. The second-order valence-corrected chi connectivity index (χ2v) is 5.74. The maximum atomic E-state index is 12.7. The predicted octanol–water partition coefficient (Wildman–Crippen LogP) is 2.86. The molecule has 2 aromatic rings. The van der Waals surface area contributed by atoms with Gasteiger partial charge in [-0.15, -0.1) is 0 Å². The Kier molecular flexibility index (Phi) is 5.82. The molecule has 0 aliphatic rings. The number of aromatic nitrogens is 1. The number of esters is 2. The van der Waals surface area contributed by atoms with Gasteiger partial charge in [-0.25, -0.2) is 9.59 Å². The molecule has 26 heavy (non-hydrogen) atoms. The van der Waals surface area contributed by atoms with Gasteiger partial charge in [-0.3, -0.25) is 4.79 Å². The SMILES string of the molecule is CCOC(=O)c1c(C)c(C(=O)Nc2ccc(C(=O)OC)cc2)c(C)n1C. The number of benzene rings is 1. The smallest absolute Gasteiger partial charge is 0.355 e. The third kappa shape index (κ3) is 3.61. The lowest BCUT2D eigenvalue weighted by molar-refractivity contribution is 0.0513. The first-order valence-corrected chi connectivity index (χ1v) is 8.14. The minimum absolute atomic E-state index is 0.260. The Morgan fingerprint density at radius 1 is 1.08 bits per heavy atom. The standard InChI is InChI=1S/C19H22N2O5/c1-6-26-19(24)16-11(2)15(12(3)21(16)4)17(22)20-14-9-7-13(8-10-14)18(23)25-5/h7-10H,6H2,1-5H3,(H,20,22). The summed E-state index contributed by atoms with van der Waals surface area (Å²) in [7, 11) is 3.02. The van der Waals surface area contributed by atoms with Crippen molar-refractivity contribution in [1.29, 1.82) is 0 Å². The van der Waals surface area contributed by atoms with Crippen LogP contribution in [0.4, 0.5) is 5.69 Å². The Bertz CT molecular complexity index is 850. The summed E-state index contributed by atoms with van der Waals surface area (Å²) in [6.45, 7) is 5.48. The minimum Gasteiger partial charge on any atom is -0.465 e. The fourth-order valence-corrected chi connectivity index (χ4v) is 2.80. The monoisotopic (exact) mass is 358 g/mol. The number of nitrogens with one attached hydrogen (secondary N) is 1. The zero-order chi connectivity index (χ0) is 19.4. The summed E-state index contributed by atoms with van der Waals surface area (Å²) < 4.78 is 11.4. The molecule has 0 fully saturated rings. The molecule has 0 saturated heterocycles. The van der Waals surface area contributed by atoms with E-state index in [1.54, 1.807) is 56.7 Å². The summed E-state index contributed by atoms with van der Waals surface area (Å²) in [6.07, 6.45) is 0. The highest BCUT2D eigenvalue weighted by Crippen LogP contribution is 2.23. The number of rotatable bonds is 5. The number of amides is 1. The van der Waals surface area contributed by atoms with Crippen molar-refractivity contribution in [3.8, 4) is 0 Å². The minimum atomic E-state index is -0.461. The first kappa shape index (κ1) is 19.2. The fourth-order valence-electron chi connectivity index (χ4n) is 2.80. The molecule has 0 radical (unpaired) electrons. The second-order valence-electron chi connectivity index (χ2n) is 5.74. The first-order chi connectivity index (χ1) is 12.3. The highest BCUT2D eigenvalue weighted by atomic mass is 16.5. The molecule has 1 amide bonds. The van der Waals surface area contributed by atoms with Gasteiger partial charge in [0.1, 0.15) is 5.69 Å². The molecule has 1 heterocycles. The van der Waals surface area contributed by atoms with E-state index in [0.29, 0.717) is 33.8 Å². The topological polar surface area (TPSA) is 86.6 Å². The Balaban J connectivity index is 2.29. The normalized spacial score (nSPS) is 10.3. The Labute approximate surface area is 151 Å². The van der Waals surface area contributed by atoms with E-state index in [1.165, 1.54) is 7.11 Å². The van der Waals surface area contributed by atoms with Crippen molar-refractivity contribution in [3.05, 3.63) is 52.3 Å². The molecule has 1 N–H and O–H groups in total. The molecular formula is C19H22N2O5. The van der Waals surface area contributed by atoms with Crippen LogP contribution >= 0.6 is 0 Å². The average Bonchev–Trinajstić information content (AvgIpc) is 2.84. The predicted molar refractivity (Wildman–Crippen MR) is 96.6 cm³/mol. The summed E-state index contributed by atoms with van der Waals surface area (Å²) in [5.41, 5.74) is 2.93. The van der Waals surface area contributed by atoms with Crippen LogP contribution in [0.2, 0.25) is 0 Å². The molecule has 7 nitrogen and oxygen atoms in total. The van der Waals surface area contributed by atoms with Crippen molar-refractivity contribution < 1.29 is 23.9 Å². The number of ether oxygens (including phenoxy) is 2. The second kappa shape index (κ2) is 7.86. The third-order valence-electron chi connectivity index (χ3n) is 4.19. The van der Waals surface area contributed by atoms with E-state index in [2.05, 4.69) is 10.1 Å². The molecule has 1 aromatic heterocycles. The molecule has 138 valence electrons. The summed E-state index contributed by atoms with van der Waals surface area (Å²) in [5.74, 6) is -1.24. The summed E-state index contributed by atoms with van der Waals surface area (Å²) in [5, 5.41) is 2.78. The van der Waals surface area contributed by atoms with Crippen molar-refractivity contribution >= 4 is 23.5 Å². The van der Waals surface area contributed by atoms with Crippen molar-refractivity contribution in [2.75, 3.05) is 19.0 Å². The van der Waals surface area contributed by atoms with Gasteiger partial charge in [0.15, 0.2) is 0 Å². The molecule has 2 rings (SSSR count). The van der Waals surface area contributed by atoms with Crippen molar-refractivity contribution in [2.24, 2.45) is 7.05 Å². The first-order valence-electron chi connectivity index (χ1n) is 8.14. The third-order valence-corrected chi connectivity index (χ3v) is 4.19. The van der Waals surface area contributed by atoms with Gasteiger partial charge in [-0.2, -0.15) is 0 Å². The summed E-state index contributed by atoms with van der Waals surface area (Å²) >= 11 is 0. The number of methoxy groups -OCH3 is 1. The van der Waals surface area contributed by atoms with E-state index in [1.807, 2.05) is 0 Å². The van der Waals surface area contributed by atoms with Crippen LogP contribution in [-0.2, 0) is 16.5 Å². The summed E-state index contributed by atoms with van der Waals surface area (Å²) in [4.78, 5) is 36.3. The van der Waals surface area contributed by atoms with Crippen LogP contribution < -0.4 is 5.32 Å². The van der Waals surface area contributed by atoms with E-state index >= 15 is 0 Å². The molecule has 0 saturated carbocycles. The number of carbonyl (C=O) groups excluding carboxylic acids is 3. The molecule has 7 heteroatoms. The average molecular weight is 358 g/mol.